The van der Waals surface area contributed by atoms with Gasteiger partial charge < -0.3 is 4.98 Å². The number of aromatic nitrogens is 5. The quantitative estimate of drug-likeness (QED) is 0.314. The molecule has 0 saturated heterocycles. The van der Waals surface area contributed by atoms with Crippen LogP contribution in [0.2, 0.25) is 0 Å². The van der Waals surface area contributed by atoms with Crippen LogP contribution in [0.4, 0.5) is 0 Å². The second kappa shape index (κ2) is 11.4. The molecule has 1 saturated carbocycles. The van der Waals surface area contributed by atoms with E-state index in [9.17, 15) is 4.79 Å². The van der Waals surface area contributed by atoms with Crippen LogP contribution in [0.3, 0.4) is 0 Å². The van der Waals surface area contributed by atoms with Gasteiger partial charge in [-0.2, -0.15) is 0 Å². The van der Waals surface area contributed by atoms with Crippen molar-refractivity contribution in [1.29, 1.82) is 0 Å². The molecule has 0 aliphatic heterocycles. The lowest BCUT2D eigenvalue weighted by atomic mass is 9.95. The highest BCUT2D eigenvalue weighted by molar-refractivity contribution is 5.81. The fourth-order valence-electron chi connectivity index (χ4n) is 5.86. The van der Waals surface area contributed by atoms with Crippen molar-refractivity contribution >= 4 is 10.9 Å². The fraction of sp³-hybridized carbons (Fsp3) is 0.467. The predicted molar refractivity (Wildman–Crippen MR) is 148 cm³/mol. The maximum absolute atomic E-state index is 13.2. The predicted octanol–water partition coefficient (Wildman–Crippen LogP) is 5.83. The molecule has 1 aliphatic carbocycles. The maximum atomic E-state index is 13.2. The first-order chi connectivity index (χ1) is 18.0. The summed E-state index contributed by atoms with van der Waals surface area (Å²) in [5.74, 6) is 0.923. The van der Waals surface area contributed by atoms with E-state index in [1.807, 2.05) is 19.1 Å². The van der Waals surface area contributed by atoms with E-state index in [2.05, 4.69) is 80.3 Å². The van der Waals surface area contributed by atoms with Crippen LogP contribution in [0.1, 0.15) is 85.6 Å². The van der Waals surface area contributed by atoms with Crippen LogP contribution in [0.5, 0.6) is 0 Å². The third kappa shape index (κ3) is 5.67. The monoisotopic (exact) mass is 498 g/mol. The van der Waals surface area contributed by atoms with Gasteiger partial charge in [-0.05, 0) is 72.5 Å². The van der Waals surface area contributed by atoms with Crippen molar-refractivity contribution in [2.75, 3.05) is 6.54 Å². The summed E-state index contributed by atoms with van der Waals surface area (Å²) in [4.78, 5) is 18.8. The van der Waals surface area contributed by atoms with Crippen molar-refractivity contribution in [2.24, 2.45) is 0 Å². The SMILES string of the molecule is CCC(c1nnnn1C1CCCCC1)N(CCc1cccc(C)c1)Cc1cc2cccc(C)c2[nH]c1=O. The van der Waals surface area contributed by atoms with Crippen molar-refractivity contribution in [3.05, 3.63) is 87.0 Å². The van der Waals surface area contributed by atoms with Crippen LogP contribution in [0, 0.1) is 13.8 Å². The summed E-state index contributed by atoms with van der Waals surface area (Å²) < 4.78 is 2.08. The lowest BCUT2D eigenvalue weighted by Crippen LogP contribution is -2.35. The second-order valence-corrected chi connectivity index (χ2v) is 10.6. The minimum atomic E-state index is -0.0240. The average molecular weight is 499 g/mol. The zero-order chi connectivity index (χ0) is 25.8. The highest BCUT2D eigenvalue weighted by Crippen LogP contribution is 2.32. The van der Waals surface area contributed by atoms with Crippen LogP contribution in [-0.4, -0.2) is 36.6 Å². The number of fused-ring (bicyclic) bond motifs is 1. The summed E-state index contributed by atoms with van der Waals surface area (Å²) in [6.07, 6.45) is 7.76. The molecule has 5 rings (SSSR count). The Kier molecular flexibility index (Phi) is 7.79. The Labute approximate surface area is 218 Å². The number of rotatable bonds is 9. The van der Waals surface area contributed by atoms with E-state index in [0.29, 0.717) is 12.6 Å². The third-order valence-corrected chi connectivity index (χ3v) is 7.87. The molecule has 1 unspecified atom stereocenters. The number of tetrazole rings is 1. The Balaban J connectivity index is 1.49. The van der Waals surface area contributed by atoms with Gasteiger partial charge in [0.15, 0.2) is 5.82 Å². The molecule has 0 bridgehead atoms. The number of aromatic amines is 1. The van der Waals surface area contributed by atoms with Gasteiger partial charge in [-0.3, -0.25) is 9.69 Å². The Morgan fingerprint density at radius 3 is 2.68 bits per heavy atom. The van der Waals surface area contributed by atoms with Gasteiger partial charge in [0.1, 0.15) is 0 Å². The number of H-pyrrole nitrogens is 1. The molecule has 0 spiro atoms. The summed E-state index contributed by atoms with van der Waals surface area (Å²) in [5.41, 5.74) is 5.31. The minimum absolute atomic E-state index is 0.0225. The molecule has 1 atom stereocenters. The molecule has 0 radical (unpaired) electrons. The topological polar surface area (TPSA) is 79.7 Å². The number of aryl methyl sites for hydroxylation is 2. The lowest BCUT2D eigenvalue weighted by molar-refractivity contribution is 0.165. The summed E-state index contributed by atoms with van der Waals surface area (Å²) >= 11 is 0. The number of nitrogens with one attached hydrogen (secondary N) is 1. The first-order valence-electron chi connectivity index (χ1n) is 13.7. The number of hydrogen-bond donors (Lipinski definition) is 1. The van der Waals surface area contributed by atoms with E-state index in [1.54, 1.807) is 0 Å². The van der Waals surface area contributed by atoms with Gasteiger partial charge in [0.05, 0.1) is 17.6 Å². The molecule has 2 heterocycles. The zero-order valence-electron chi connectivity index (χ0n) is 22.3. The van der Waals surface area contributed by atoms with Gasteiger partial charge in [0, 0.05) is 18.7 Å². The number of benzene rings is 2. The van der Waals surface area contributed by atoms with Gasteiger partial charge >= 0.3 is 0 Å². The van der Waals surface area contributed by atoms with E-state index in [1.165, 1.54) is 30.4 Å². The Bertz CT molecular complexity index is 1400. The van der Waals surface area contributed by atoms with Gasteiger partial charge in [-0.1, -0.05) is 74.2 Å². The highest BCUT2D eigenvalue weighted by Gasteiger charge is 2.29. The zero-order valence-corrected chi connectivity index (χ0v) is 22.3. The molecule has 0 amide bonds. The average Bonchev–Trinajstić information content (AvgIpc) is 3.39. The number of pyridine rings is 1. The first-order valence-corrected chi connectivity index (χ1v) is 13.7. The summed E-state index contributed by atoms with van der Waals surface area (Å²) in [6, 6.07) is 17.3. The van der Waals surface area contributed by atoms with Crippen LogP contribution in [-0.2, 0) is 13.0 Å². The molecule has 7 heteroatoms. The van der Waals surface area contributed by atoms with Crippen LogP contribution >= 0.6 is 0 Å². The summed E-state index contributed by atoms with van der Waals surface area (Å²) in [5, 5.41) is 14.2. The standard InChI is InChI=1S/C30H38N6O/c1-4-27(29-32-33-34-36(29)26-14-6-5-7-15-26)35(17-16-23-12-8-10-21(2)18-23)20-25-19-24-13-9-11-22(3)28(24)31-30(25)37/h8-13,18-19,26-27H,4-7,14-17,20H2,1-3H3,(H,31,37). The maximum Gasteiger partial charge on any atom is 0.252 e. The van der Waals surface area contributed by atoms with Crippen molar-refractivity contribution in [1.82, 2.24) is 30.1 Å². The molecular formula is C30H38N6O. The van der Waals surface area contributed by atoms with Gasteiger partial charge in [0.25, 0.3) is 5.56 Å². The van der Waals surface area contributed by atoms with E-state index < -0.39 is 0 Å². The van der Waals surface area contributed by atoms with Crippen LogP contribution in [0.25, 0.3) is 10.9 Å². The summed E-state index contributed by atoms with van der Waals surface area (Å²) in [6.45, 7) is 7.71. The second-order valence-electron chi connectivity index (χ2n) is 10.6. The molecule has 37 heavy (non-hydrogen) atoms. The number of para-hydroxylation sites is 1. The van der Waals surface area contributed by atoms with Crippen molar-refractivity contribution in [2.45, 2.75) is 84.3 Å². The molecular weight excluding hydrogens is 460 g/mol. The van der Waals surface area contributed by atoms with E-state index in [-0.39, 0.29) is 11.6 Å². The Hall–Kier alpha value is -3.32. The van der Waals surface area contributed by atoms with E-state index in [4.69, 9.17) is 0 Å². The molecule has 7 nitrogen and oxygen atoms in total. The molecule has 4 aromatic rings. The molecule has 2 aromatic heterocycles. The lowest BCUT2D eigenvalue weighted by Gasteiger charge is -2.32. The Morgan fingerprint density at radius 1 is 1.08 bits per heavy atom. The summed E-state index contributed by atoms with van der Waals surface area (Å²) in [7, 11) is 0. The van der Waals surface area contributed by atoms with Crippen LogP contribution < -0.4 is 5.56 Å². The minimum Gasteiger partial charge on any atom is -0.321 e. The third-order valence-electron chi connectivity index (χ3n) is 7.87. The Morgan fingerprint density at radius 2 is 1.89 bits per heavy atom. The van der Waals surface area contributed by atoms with Crippen molar-refractivity contribution in [3.63, 3.8) is 0 Å². The van der Waals surface area contributed by atoms with Crippen LogP contribution in [0.15, 0.2) is 53.3 Å². The molecule has 1 N–H and O–H groups in total. The molecule has 194 valence electrons. The van der Waals surface area contributed by atoms with E-state index in [0.717, 1.165) is 60.1 Å². The molecule has 1 fully saturated rings. The fourth-order valence-corrected chi connectivity index (χ4v) is 5.86. The largest absolute Gasteiger partial charge is 0.321 e. The van der Waals surface area contributed by atoms with Gasteiger partial charge in [-0.15, -0.1) is 5.10 Å². The normalized spacial score (nSPS) is 15.5. The molecule has 1 aliphatic rings. The van der Waals surface area contributed by atoms with Gasteiger partial charge in [0.2, 0.25) is 0 Å². The number of hydrogen-bond acceptors (Lipinski definition) is 5. The van der Waals surface area contributed by atoms with Crippen molar-refractivity contribution < 1.29 is 0 Å². The van der Waals surface area contributed by atoms with Crippen molar-refractivity contribution in [3.8, 4) is 0 Å². The molecule has 2 aromatic carbocycles. The van der Waals surface area contributed by atoms with Gasteiger partial charge in [-0.25, -0.2) is 4.68 Å². The number of nitrogens with zero attached hydrogens (tertiary/aromatic N) is 5. The van der Waals surface area contributed by atoms with E-state index >= 15 is 0 Å². The smallest absolute Gasteiger partial charge is 0.252 e. The highest BCUT2D eigenvalue weighted by atomic mass is 16.1. The first kappa shape index (κ1) is 25.3.